The van der Waals surface area contributed by atoms with E-state index < -0.39 is 27.1 Å². The topological polar surface area (TPSA) is 148 Å². The number of hydrogen-bond acceptors (Lipinski definition) is 9. The zero-order chi connectivity index (χ0) is 22.7. The van der Waals surface area contributed by atoms with E-state index in [9.17, 15) is 25.0 Å². The Bertz CT molecular complexity index is 1130. The molecule has 1 amide bonds. The van der Waals surface area contributed by atoms with E-state index in [2.05, 4.69) is 15.2 Å². The quantitative estimate of drug-likeness (QED) is 0.434. The Morgan fingerprint density at radius 1 is 0.906 bits per heavy atom. The van der Waals surface area contributed by atoms with Crippen LogP contribution < -0.4 is 4.90 Å². The first-order valence-electron chi connectivity index (χ1n) is 9.64. The van der Waals surface area contributed by atoms with Gasteiger partial charge in [0, 0.05) is 56.3 Å². The van der Waals surface area contributed by atoms with Gasteiger partial charge in [-0.1, -0.05) is 0 Å². The first-order valence-corrected chi connectivity index (χ1v) is 9.64. The second-order valence-corrected chi connectivity index (χ2v) is 7.05. The van der Waals surface area contributed by atoms with Gasteiger partial charge >= 0.3 is 0 Å². The molecule has 1 aliphatic rings. The van der Waals surface area contributed by atoms with Crippen molar-refractivity contribution in [3.63, 3.8) is 0 Å². The van der Waals surface area contributed by atoms with Gasteiger partial charge in [-0.2, -0.15) is 0 Å². The van der Waals surface area contributed by atoms with Gasteiger partial charge < -0.3 is 9.80 Å². The van der Waals surface area contributed by atoms with Crippen molar-refractivity contribution in [2.24, 2.45) is 0 Å². The predicted octanol–water partition coefficient (Wildman–Crippen LogP) is 2.32. The highest BCUT2D eigenvalue weighted by Crippen LogP contribution is 2.24. The van der Waals surface area contributed by atoms with Crippen molar-refractivity contribution < 1.29 is 14.6 Å². The van der Waals surface area contributed by atoms with E-state index in [1.165, 1.54) is 4.90 Å². The predicted molar refractivity (Wildman–Crippen MR) is 113 cm³/mol. The van der Waals surface area contributed by atoms with Gasteiger partial charge in [0.15, 0.2) is 5.82 Å². The molecule has 2 aromatic heterocycles. The molecule has 0 unspecified atom stereocenters. The summed E-state index contributed by atoms with van der Waals surface area (Å²) in [7, 11) is 0. The largest absolute Gasteiger partial charge is 0.352 e. The number of nitro groups is 2. The molecule has 1 aliphatic heterocycles. The van der Waals surface area contributed by atoms with Crippen LogP contribution in [0, 0.1) is 20.2 Å². The summed E-state index contributed by atoms with van der Waals surface area (Å²) in [4.78, 5) is 41.0. The number of nitrogens with zero attached hydrogens (tertiary/aromatic N) is 7. The molecule has 32 heavy (non-hydrogen) atoms. The van der Waals surface area contributed by atoms with Crippen LogP contribution in [-0.2, 0) is 0 Å². The fourth-order valence-electron chi connectivity index (χ4n) is 3.41. The lowest BCUT2D eigenvalue weighted by molar-refractivity contribution is -0.394. The van der Waals surface area contributed by atoms with Gasteiger partial charge in [-0.25, -0.2) is 0 Å². The van der Waals surface area contributed by atoms with Crippen LogP contribution in [0.4, 0.5) is 17.2 Å². The summed E-state index contributed by atoms with van der Waals surface area (Å²) in [6, 6.07) is 10.4. The Hall–Kier alpha value is -4.48. The first kappa shape index (κ1) is 20.8. The molecule has 4 rings (SSSR count). The fourth-order valence-corrected chi connectivity index (χ4v) is 3.41. The third-order valence-corrected chi connectivity index (χ3v) is 5.07. The minimum atomic E-state index is -0.754. The number of hydrogen-bond donors (Lipinski definition) is 0. The molecule has 0 spiro atoms. The highest BCUT2D eigenvalue weighted by atomic mass is 16.6. The molecule has 12 heteroatoms. The summed E-state index contributed by atoms with van der Waals surface area (Å²) in [5.41, 5.74) is 0.478. The number of carbonyl (C=O) groups is 1. The number of rotatable bonds is 5. The maximum absolute atomic E-state index is 12.8. The SMILES string of the molecule is O=C(c1cc([N+](=O)[O-])cc([N+](=O)[O-])c1)N1CCN(c2ccc(-c3cccnc3)nn2)CC1. The maximum atomic E-state index is 12.8. The van der Waals surface area contributed by atoms with Crippen LogP contribution in [0.1, 0.15) is 10.4 Å². The summed E-state index contributed by atoms with van der Waals surface area (Å²) in [6.07, 6.45) is 3.38. The third-order valence-electron chi connectivity index (χ3n) is 5.07. The molecule has 1 aromatic carbocycles. The van der Waals surface area contributed by atoms with Gasteiger partial charge in [0.1, 0.15) is 0 Å². The van der Waals surface area contributed by atoms with E-state index >= 15 is 0 Å². The lowest BCUT2D eigenvalue weighted by Crippen LogP contribution is -2.49. The van der Waals surface area contributed by atoms with Crippen molar-refractivity contribution in [1.29, 1.82) is 0 Å². The molecular weight excluding hydrogens is 418 g/mol. The van der Waals surface area contributed by atoms with Crippen molar-refractivity contribution in [2.45, 2.75) is 0 Å². The van der Waals surface area contributed by atoms with E-state index in [4.69, 9.17) is 0 Å². The van der Waals surface area contributed by atoms with Crippen LogP contribution in [0.5, 0.6) is 0 Å². The van der Waals surface area contributed by atoms with Gasteiger partial charge in [0.05, 0.1) is 27.2 Å². The standard InChI is InChI=1S/C20H17N7O5/c28-20(15-10-16(26(29)30)12-17(11-15)27(31)32)25-8-6-24(7-9-25)19-4-3-18(22-23-19)14-2-1-5-21-13-14/h1-5,10-13H,6-9H2. The fraction of sp³-hybridized carbons (Fsp3) is 0.200. The van der Waals surface area contributed by atoms with E-state index in [0.29, 0.717) is 37.7 Å². The summed E-state index contributed by atoms with van der Waals surface area (Å²) in [5, 5.41) is 30.7. The molecule has 3 aromatic rings. The van der Waals surface area contributed by atoms with Gasteiger partial charge in [-0.15, -0.1) is 10.2 Å². The van der Waals surface area contributed by atoms with E-state index in [-0.39, 0.29) is 5.56 Å². The lowest BCUT2D eigenvalue weighted by atomic mass is 10.1. The molecular formula is C20H17N7O5. The Morgan fingerprint density at radius 3 is 2.12 bits per heavy atom. The number of pyridine rings is 1. The van der Waals surface area contributed by atoms with Gasteiger partial charge in [0.25, 0.3) is 17.3 Å². The second kappa shape index (κ2) is 8.71. The number of benzene rings is 1. The average Bonchev–Trinajstić information content (AvgIpc) is 2.84. The maximum Gasteiger partial charge on any atom is 0.277 e. The van der Waals surface area contributed by atoms with Crippen molar-refractivity contribution in [3.8, 4) is 11.3 Å². The van der Waals surface area contributed by atoms with Crippen molar-refractivity contribution in [1.82, 2.24) is 20.1 Å². The number of non-ortho nitro benzene ring substituents is 2. The molecule has 0 aliphatic carbocycles. The summed E-state index contributed by atoms with van der Waals surface area (Å²) < 4.78 is 0. The van der Waals surface area contributed by atoms with Gasteiger partial charge in [-0.05, 0) is 24.3 Å². The number of nitro benzene ring substituents is 2. The molecule has 12 nitrogen and oxygen atoms in total. The molecule has 0 N–H and O–H groups in total. The molecule has 0 bridgehead atoms. The van der Waals surface area contributed by atoms with E-state index in [1.807, 2.05) is 29.2 Å². The number of piperazine rings is 1. The Kier molecular flexibility index (Phi) is 5.66. The minimum Gasteiger partial charge on any atom is -0.352 e. The smallest absolute Gasteiger partial charge is 0.277 e. The lowest BCUT2D eigenvalue weighted by Gasteiger charge is -2.35. The first-order chi connectivity index (χ1) is 15.4. The van der Waals surface area contributed by atoms with Gasteiger partial charge in [0.2, 0.25) is 0 Å². The molecule has 3 heterocycles. The van der Waals surface area contributed by atoms with Gasteiger partial charge in [-0.3, -0.25) is 30.0 Å². The highest BCUT2D eigenvalue weighted by Gasteiger charge is 2.26. The van der Waals surface area contributed by atoms with Crippen molar-refractivity contribution in [3.05, 3.63) is 80.7 Å². The Balaban J connectivity index is 1.44. The van der Waals surface area contributed by atoms with Crippen molar-refractivity contribution in [2.75, 3.05) is 31.1 Å². The number of carbonyl (C=O) groups excluding carboxylic acids is 1. The minimum absolute atomic E-state index is 0.0834. The summed E-state index contributed by atoms with van der Waals surface area (Å²) >= 11 is 0. The monoisotopic (exact) mass is 435 g/mol. The normalized spacial score (nSPS) is 13.6. The molecule has 162 valence electrons. The van der Waals surface area contributed by atoms with Crippen LogP contribution >= 0.6 is 0 Å². The Morgan fingerprint density at radius 2 is 1.59 bits per heavy atom. The second-order valence-electron chi connectivity index (χ2n) is 7.05. The number of amides is 1. The van der Waals surface area contributed by atoms with Crippen molar-refractivity contribution >= 4 is 23.1 Å². The van der Waals surface area contributed by atoms with Crippen LogP contribution in [-0.4, -0.2) is 62.0 Å². The summed E-state index contributed by atoms with van der Waals surface area (Å²) in [6.45, 7) is 1.62. The number of aromatic nitrogens is 3. The van der Waals surface area contributed by atoms with Crippen LogP contribution in [0.3, 0.4) is 0 Å². The highest BCUT2D eigenvalue weighted by molar-refractivity contribution is 5.95. The average molecular weight is 435 g/mol. The molecule has 0 radical (unpaired) electrons. The van der Waals surface area contributed by atoms with Crippen LogP contribution in [0.25, 0.3) is 11.3 Å². The third kappa shape index (κ3) is 4.33. The molecule has 0 atom stereocenters. The van der Waals surface area contributed by atoms with Crippen LogP contribution in [0.15, 0.2) is 54.9 Å². The molecule has 0 saturated carbocycles. The van der Waals surface area contributed by atoms with E-state index in [1.54, 1.807) is 12.4 Å². The number of anilines is 1. The summed E-state index contributed by atoms with van der Waals surface area (Å²) in [5.74, 6) is 0.171. The molecule has 1 saturated heterocycles. The zero-order valence-corrected chi connectivity index (χ0v) is 16.7. The zero-order valence-electron chi connectivity index (χ0n) is 16.7. The molecule has 1 fully saturated rings. The van der Waals surface area contributed by atoms with E-state index in [0.717, 1.165) is 23.8 Å². The Labute approximate surface area is 181 Å². The van der Waals surface area contributed by atoms with Crippen LogP contribution in [0.2, 0.25) is 0 Å².